The molecule has 0 atom stereocenters. The number of carbonyl (C=O) groups is 1. The number of halogens is 1. The van der Waals surface area contributed by atoms with Crippen LogP contribution in [0.25, 0.3) is 0 Å². The highest BCUT2D eigenvalue weighted by molar-refractivity contribution is 7.89. The zero-order chi connectivity index (χ0) is 20.0. The Morgan fingerprint density at radius 1 is 1.19 bits per heavy atom. The van der Waals surface area contributed by atoms with E-state index in [1.807, 2.05) is 6.92 Å². The number of ether oxygens (including phenoxy) is 2. The molecular formula is C18H21ClN2O5S. The summed E-state index contributed by atoms with van der Waals surface area (Å²) in [6.45, 7) is 1.91. The normalized spacial score (nSPS) is 11.3. The molecule has 7 nitrogen and oxygen atoms in total. The Labute approximate surface area is 163 Å². The second kappa shape index (κ2) is 9.07. The van der Waals surface area contributed by atoms with Crippen molar-refractivity contribution >= 4 is 33.2 Å². The fourth-order valence-electron chi connectivity index (χ4n) is 2.32. The van der Waals surface area contributed by atoms with Gasteiger partial charge in [0.15, 0.2) is 0 Å². The van der Waals surface area contributed by atoms with Gasteiger partial charge in [-0.1, -0.05) is 23.7 Å². The summed E-state index contributed by atoms with van der Waals surface area (Å²) in [6, 6.07) is 11.1. The highest BCUT2D eigenvalue weighted by atomic mass is 35.5. The van der Waals surface area contributed by atoms with E-state index in [1.165, 1.54) is 32.4 Å². The van der Waals surface area contributed by atoms with Gasteiger partial charge in [-0.25, -0.2) is 8.42 Å². The molecule has 0 bridgehead atoms. The van der Waals surface area contributed by atoms with Gasteiger partial charge in [-0.2, -0.15) is 4.31 Å². The van der Waals surface area contributed by atoms with E-state index in [4.69, 9.17) is 21.1 Å². The molecule has 1 N–H and O–H groups in total. The van der Waals surface area contributed by atoms with Gasteiger partial charge in [0.1, 0.15) is 11.5 Å². The van der Waals surface area contributed by atoms with Gasteiger partial charge in [-0.3, -0.25) is 4.79 Å². The van der Waals surface area contributed by atoms with Crippen LogP contribution in [-0.4, -0.2) is 45.9 Å². The summed E-state index contributed by atoms with van der Waals surface area (Å²) in [7, 11) is -1.14. The van der Waals surface area contributed by atoms with Crippen molar-refractivity contribution < 1.29 is 22.7 Å². The number of carbonyl (C=O) groups excluding carboxylic acids is 1. The second-order valence-electron chi connectivity index (χ2n) is 5.53. The highest BCUT2D eigenvalue weighted by Crippen LogP contribution is 2.28. The molecule has 0 aromatic heterocycles. The molecular weight excluding hydrogens is 392 g/mol. The Kier molecular flexibility index (Phi) is 7.06. The predicted molar refractivity (Wildman–Crippen MR) is 104 cm³/mol. The van der Waals surface area contributed by atoms with E-state index >= 15 is 0 Å². The third kappa shape index (κ3) is 5.12. The molecule has 0 unspecified atom stereocenters. The lowest BCUT2D eigenvalue weighted by atomic mass is 10.3. The van der Waals surface area contributed by atoms with Crippen molar-refractivity contribution in [3.05, 3.63) is 47.5 Å². The minimum Gasteiger partial charge on any atom is -0.495 e. The smallest absolute Gasteiger partial charge is 0.243 e. The molecule has 1 amide bonds. The van der Waals surface area contributed by atoms with Crippen molar-refractivity contribution in [1.82, 2.24) is 4.31 Å². The summed E-state index contributed by atoms with van der Waals surface area (Å²) in [5.74, 6) is 0.386. The van der Waals surface area contributed by atoms with Crippen LogP contribution < -0.4 is 14.8 Å². The average Bonchev–Trinajstić information content (AvgIpc) is 2.63. The maximum Gasteiger partial charge on any atom is 0.243 e. The molecule has 0 aliphatic rings. The second-order valence-corrected chi connectivity index (χ2v) is 7.99. The molecule has 2 aromatic carbocycles. The number of para-hydroxylation sites is 2. The van der Waals surface area contributed by atoms with Crippen LogP contribution in [0.1, 0.15) is 6.92 Å². The van der Waals surface area contributed by atoms with E-state index in [1.54, 1.807) is 24.3 Å². The minimum atomic E-state index is -3.89. The number of methoxy groups -OCH3 is 1. The van der Waals surface area contributed by atoms with Crippen molar-refractivity contribution in [2.24, 2.45) is 0 Å². The maximum absolute atomic E-state index is 12.7. The van der Waals surface area contributed by atoms with Crippen LogP contribution >= 0.6 is 11.6 Å². The van der Waals surface area contributed by atoms with Crippen molar-refractivity contribution in [2.45, 2.75) is 11.8 Å². The molecule has 0 aliphatic carbocycles. The summed E-state index contributed by atoms with van der Waals surface area (Å²) in [4.78, 5) is 12.3. The van der Waals surface area contributed by atoms with Crippen molar-refractivity contribution in [3.8, 4) is 11.5 Å². The fraction of sp³-hybridized carbons (Fsp3) is 0.278. The standard InChI is InChI=1S/C18H21ClN2O5S/c1-4-26-17-8-6-5-7-15(17)20-18(22)12-21(2)27(23,24)13-9-10-16(25-3)14(19)11-13/h5-11H,4,12H2,1-3H3,(H,20,22). The molecule has 27 heavy (non-hydrogen) atoms. The average molecular weight is 413 g/mol. The third-order valence-electron chi connectivity index (χ3n) is 3.66. The lowest BCUT2D eigenvalue weighted by molar-refractivity contribution is -0.116. The van der Waals surface area contributed by atoms with E-state index in [0.29, 0.717) is 23.8 Å². The van der Waals surface area contributed by atoms with Crippen molar-refractivity contribution in [1.29, 1.82) is 0 Å². The first kappa shape index (κ1) is 21.0. The molecule has 0 spiro atoms. The van der Waals surface area contributed by atoms with Crippen LogP contribution in [-0.2, 0) is 14.8 Å². The van der Waals surface area contributed by atoms with Gasteiger partial charge in [0.2, 0.25) is 15.9 Å². The Bertz CT molecular complexity index is 918. The molecule has 2 aromatic rings. The molecule has 0 radical (unpaired) electrons. The SMILES string of the molecule is CCOc1ccccc1NC(=O)CN(C)S(=O)(=O)c1ccc(OC)c(Cl)c1. The number of hydrogen-bond donors (Lipinski definition) is 1. The molecule has 0 heterocycles. The van der Waals surface area contributed by atoms with Crippen molar-refractivity contribution in [2.75, 3.05) is 32.6 Å². The number of nitrogens with zero attached hydrogens (tertiary/aromatic N) is 1. The van der Waals surface area contributed by atoms with Gasteiger partial charge in [0, 0.05) is 7.05 Å². The Hall–Kier alpha value is -2.29. The quantitative estimate of drug-likeness (QED) is 0.720. The van der Waals surface area contributed by atoms with Gasteiger partial charge < -0.3 is 14.8 Å². The van der Waals surface area contributed by atoms with Crippen LogP contribution in [0.5, 0.6) is 11.5 Å². The van der Waals surface area contributed by atoms with Gasteiger partial charge in [0.05, 0.1) is 35.9 Å². The van der Waals surface area contributed by atoms with E-state index in [9.17, 15) is 13.2 Å². The first-order valence-corrected chi connectivity index (χ1v) is 9.93. The topological polar surface area (TPSA) is 84.9 Å². The fourth-order valence-corrected chi connectivity index (χ4v) is 3.79. The summed E-state index contributed by atoms with van der Waals surface area (Å²) < 4.78 is 36.7. The number of hydrogen-bond acceptors (Lipinski definition) is 5. The molecule has 9 heteroatoms. The summed E-state index contributed by atoms with van der Waals surface area (Å²) >= 11 is 6.00. The lowest BCUT2D eigenvalue weighted by Gasteiger charge is -2.18. The first-order chi connectivity index (χ1) is 12.8. The minimum absolute atomic E-state index is 0.0293. The van der Waals surface area contributed by atoms with Gasteiger partial charge >= 0.3 is 0 Å². The molecule has 0 saturated carbocycles. The predicted octanol–water partition coefficient (Wildman–Crippen LogP) is 3.01. The van der Waals surface area contributed by atoms with E-state index in [-0.39, 0.29) is 16.5 Å². The Morgan fingerprint density at radius 3 is 2.52 bits per heavy atom. The summed E-state index contributed by atoms with van der Waals surface area (Å²) in [5.41, 5.74) is 0.475. The number of amides is 1. The lowest BCUT2D eigenvalue weighted by Crippen LogP contribution is -2.35. The monoisotopic (exact) mass is 412 g/mol. The van der Waals surface area contributed by atoms with E-state index in [2.05, 4.69) is 5.32 Å². The van der Waals surface area contributed by atoms with Crippen LogP contribution in [0.3, 0.4) is 0 Å². The number of sulfonamides is 1. The highest BCUT2D eigenvalue weighted by Gasteiger charge is 2.24. The number of nitrogens with one attached hydrogen (secondary N) is 1. The number of benzene rings is 2. The van der Waals surface area contributed by atoms with E-state index in [0.717, 1.165) is 4.31 Å². The van der Waals surface area contributed by atoms with Crippen molar-refractivity contribution in [3.63, 3.8) is 0 Å². The zero-order valence-electron chi connectivity index (χ0n) is 15.2. The van der Waals surface area contributed by atoms with E-state index < -0.39 is 15.9 Å². The largest absolute Gasteiger partial charge is 0.495 e. The zero-order valence-corrected chi connectivity index (χ0v) is 16.8. The first-order valence-electron chi connectivity index (χ1n) is 8.11. The van der Waals surface area contributed by atoms with Gasteiger partial charge in [-0.05, 0) is 37.3 Å². The number of likely N-dealkylation sites (N-methyl/N-ethyl adjacent to an activating group) is 1. The van der Waals surface area contributed by atoms with Gasteiger partial charge in [0.25, 0.3) is 0 Å². The Balaban J connectivity index is 2.12. The summed E-state index contributed by atoms with van der Waals surface area (Å²) in [5, 5.41) is 2.83. The van der Waals surface area contributed by atoms with Gasteiger partial charge in [-0.15, -0.1) is 0 Å². The van der Waals surface area contributed by atoms with Crippen LogP contribution in [0.2, 0.25) is 5.02 Å². The maximum atomic E-state index is 12.7. The van der Waals surface area contributed by atoms with Crippen LogP contribution in [0.4, 0.5) is 5.69 Å². The number of anilines is 1. The third-order valence-corrected chi connectivity index (χ3v) is 5.75. The van der Waals surface area contributed by atoms with Crippen LogP contribution in [0.15, 0.2) is 47.4 Å². The molecule has 0 aliphatic heterocycles. The molecule has 146 valence electrons. The Morgan fingerprint density at radius 2 is 1.89 bits per heavy atom. The molecule has 2 rings (SSSR count). The molecule has 0 saturated heterocycles. The number of rotatable bonds is 8. The van der Waals surface area contributed by atoms with Crippen LogP contribution in [0, 0.1) is 0 Å². The molecule has 0 fully saturated rings. The summed E-state index contributed by atoms with van der Waals surface area (Å²) in [6.07, 6.45) is 0.